The molecule has 0 spiro atoms. The van der Waals surface area contributed by atoms with E-state index in [4.69, 9.17) is 16.3 Å². The van der Waals surface area contributed by atoms with E-state index in [-0.39, 0.29) is 17.4 Å². The van der Waals surface area contributed by atoms with Gasteiger partial charge < -0.3 is 9.30 Å². The molecule has 0 aliphatic rings. The van der Waals surface area contributed by atoms with Gasteiger partial charge in [0, 0.05) is 34.1 Å². The Labute approximate surface area is 144 Å². The number of fused-ring (bicyclic) bond motifs is 1. The first-order valence-corrected chi connectivity index (χ1v) is 7.87. The minimum absolute atomic E-state index is 0.183. The monoisotopic (exact) mass is 344 g/mol. The summed E-state index contributed by atoms with van der Waals surface area (Å²) in [6.45, 7) is -0.183. The number of aryl methyl sites for hydroxylation is 1. The number of aromatic nitrogens is 1. The van der Waals surface area contributed by atoms with E-state index in [1.54, 1.807) is 19.2 Å². The van der Waals surface area contributed by atoms with E-state index < -0.39 is 0 Å². The van der Waals surface area contributed by atoms with E-state index in [1.165, 1.54) is 0 Å². The second kappa shape index (κ2) is 6.53. The number of halogens is 1. The van der Waals surface area contributed by atoms with Crippen LogP contribution in [0.2, 0.25) is 5.02 Å². The van der Waals surface area contributed by atoms with Crippen molar-refractivity contribution in [3.05, 3.63) is 74.9 Å². The summed E-state index contributed by atoms with van der Waals surface area (Å²) < 4.78 is 7.29. The fraction of sp³-hybridized carbons (Fsp3) is 0.222. The molecule has 0 saturated carbocycles. The van der Waals surface area contributed by atoms with Crippen LogP contribution in [0.5, 0.6) is 5.75 Å². The Balaban J connectivity index is 2.18. The van der Waals surface area contributed by atoms with Crippen molar-refractivity contribution in [2.75, 3.05) is 13.7 Å². The van der Waals surface area contributed by atoms with Crippen LogP contribution in [0.25, 0.3) is 10.9 Å². The number of methoxy groups -OCH3 is 1. The van der Waals surface area contributed by atoms with Gasteiger partial charge in [-0.05, 0) is 41.5 Å². The maximum atomic E-state index is 11.2. The first-order valence-electron chi connectivity index (χ1n) is 7.50. The quantitative estimate of drug-likeness (QED) is 0.513. The number of hydrogen-bond donors (Lipinski definition) is 0. The lowest BCUT2D eigenvalue weighted by Crippen LogP contribution is -2.13. The molecule has 1 aromatic heterocycles. The van der Waals surface area contributed by atoms with Gasteiger partial charge in [0.2, 0.25) is 6.54 Å². The van der Waals surface area contributed by atoms with Crippen molar-refractivity contribution >= 4 is 22.5 Å². The summed E-state index contributed by atoms with van der Waals surface area (Å²) in [5.74, 6) is 0.374. The van der Waals surface area contributed by atoms with Gasteiger partial charge in [0.25, 0.3) is 0 Å². The van der Waals surface area contributed by atoms with Crippen molar-refractivity contribution in [2.24, 2.45) is 7.05 Å². The molecule has 24 heavy (non-hydrogen) atoms. The fourth-order valence-corrected chi connectivity index (χ4v) is 3.16. The average Bonchev–Trinajstić information content (AvgIpc) is 2.89. The molecule has 0 saturated heterocycles. The number of hydrogen-bond acceptors (Lipinski definition) is 3. The number of nitro groups is 1. The first kappa shape index (κ1) is 16.3. The minimum atomic E-state index is -0.354. The molecule has 3 rings (SSSR count). The number of benzene rings is 2. The second-order valence-electron chi connectivity index (χ2n) is 5.70. The van der Waals surface area contributed by atoms with E-state index >= 15 is 0 Å². The molecule has 3 aromatic rings. The highest BCUT2D eigenvalue weighted by Gasteiger charge is 2.24. The Morgan fingerprint density at radius 1 is 1.25 bits per heavy atom. The van der Waals surface area contributed by atoms with Crippen LogP contribution in [0.4, 0.5) is 0 Å². The summed E-state index contributed by atoms with van der Waals surface area (Å²) in [5.41, 5.74) is 2.78. The lowest BCUT2D eigenvalue weighted by molar-refractivity contribution is -0.481. The topological polar surface area (TPSA) is 57.3 Å². The third kappa shape index (κ3) is 3.08. The van der Waals surface area contributed by atoms with Crippen LogP contribution < -0.4 is 4.74 Å². The largest absolute Gasteiger partial charge is 0.497 e. The molecule has 0 N–H and O–H groups in total. The predicted molar refractivity (Wildman–Crippen MR) is 94.6 cm³/mol. The van der Waals surface area contributed by atoms with E-state index in [0.717, 1.165) is 27.8 Å². The summed E-state index contributed by atoms with van der Waals surface area (Å²) in [6.07, 6.45) is 1.95. The Morgan fingerprint density at radius 2 is 1.96 bits per heavy atom. The smallest absolute Gasteiger partial charge is 0.214 e. The molecule has 0 aliphatic heterocycles. The molecule has 0 fully saturated rings. The fourth-order valence-electron chi connectivity index (χ4n) is 3.03. The van der Waals surface area contributed by atoms with E-state index in [9.17, 15) is 10.1 Å². The highest BCUT2D eigenvalue weighted by Crippen LogP contribution is 2.34. The van der Waals surface area contributed by atoms with E-state index in [0.29, 0.717) is 5.02 Å². The molecule has 2 aromatic carbocycles. The zero-order valence-electron chi connectivity index (χ0n) is 13.4. The van der Waals surface area contributed by atoms with Crippen molar-refractivity contribution in [1.29, 1.82) is 0 Å². The molecule has 1 heterocycles. The molecule has 6 heteroatoms. The third-order valence-corrected chi connectivity index (χ3v) is 4.46. The standard InChI is InChI=1S/C18H17ClN2O3/c1-20-10-17(15-9-14(24-2)7-8-18(15)20)16(11-21(22)23)12-3-5-13(19)6-4-12/h3-10,16H,11H2,1-2H3. The zero-order valence-corrected chi connectivity index (χ0v) is 14.2. The van der Waals surface area contributed by atoms with Crippen LogP contribution in [0.1, 0.15) is 17.0 Å². The summed E-state index contributed by atoms with van der Waals surface area (Å²) in [6, 6.07) is 13.0. The number of rotatable bonds is 5. The Kier molecular flexibility index (Phi) is 4.44. The number of ether oxygens (including phenoxy) is 1. The average molecular weight is 345 g/mol. The van der Waals surface area contributed by atoms with Gasteiger partial charge in [-0.15, -0.1) is 0 Å². The molecule has 0 bridgehead atoms. The van der Waals surface area contributed by atoms with Crippen LogP contribution in [0, 0.1) is 10.1 Å². The highest BCUT2D eigenvalue weighted by molar-refractivity contribution is 6.30. The predicted octanol–water partition coefficient (Wildman–Crippen LogP) is 4.25. The maximum absolute atomic E-state index is 11.2. The van der Waals surface area contributed by atoms with Crippen LogP contribution in [0.15, 0.2) is 48.7 Å². The lowest BCUT2D eigenvalue weighted by atomic mass is 9.91. The minimum Gasteiger partial charge on any atom is -0.497 e. The van der Waals surface area contributed by atoms with Gasteiger partial charge in [-0.1, -0.05) is 23.7 Å². The van der Waals surface area contributed by atoms with Gasteiger partial charge in [-0.2, -0.15) is 0 Å². The van der Waals surface area contributed by atoms with Crippen LogP contribution in [-0.4, -0.2) is 23.1 Å². The SMILES string of the molecule is COc1ccc2c(c1)c(C(C[N+](=O)[O-])c1ccc(Cl)cc1)cn2C. The summed E-state index contributed by atoms with van der Waals surface area (Å²) >= 11 is 5.95. The Morgan fingerprint density at radius 3 is 2.58 bits per heavy atom. The van der Waals surface area contributed by atoms with Gasteiger partial charge in [0.15, 0.2) is 0 Å². The van der Waals surface area contributed by atoms with Gasteiger partial charge in [-0.25, -0.2) is 0 Å². The summed E-state index contributed by atoms with van der Waals surface area (Å²) in [7, 11) is 3.54. The molecule has 5 nitrogen and oxygen atoms in total. The van der Waals surface area contributed by atoms with Gasteiger partial charge in [0.1, 0.15) is 5.75 Å². The van der Waals surface area contributed by atoms with Crippen LogP contribution in [-0.2, 0) is 7.05 Å². The van der Waals surface area contributed by atoms with Gasteiger partial charge in [0.05, 0.1) is 13.0 Å². The molecule has 0 radical (unpaired) electrons. The van der Waals surface area contributed by atoms with Crippen LogP contribution in [0.3, 0.4) is 0 Å². The molecule has 0 amide bonds. The molecular formula is C18H17ClN2O3. The van der Waals surface area contributed by atoms with Crippen molar-refractivity contribution in [3.8, 4) is 5.75 Å². The maximum Gasteiger partial charge on any atom is 0.214 e. The third-order valence-electron chi connectivity index (χ3n) is 4.21. The molecule has 0 aliphatic carbocycles. The van der Waals surface area contributed by atoms with Gasteiger partial charge >= 0.3 is 0 Å². The molecule has 124 valence electrons. The van der Waals surface area contributed by atoms with Crippen molar-refractivity contribution in [1.82, 2.24) is 4.57 Å². The van der Waals surface area contributed by atoms with E-state index in [1.807, 2.05) is 48.1 Å². The summed E-state index contributed by atoms with van der Waals surface area (Å²) in [4.78, 5) is 11.0. The zero-order chi connectivity index (χ0) is 17.3. The van der Waals surface area contributed by atoms with Gasteiger partial charge in [-0.3, -0.25) is 10.1 Å². The summed E-state index contributed by atoms with van der Waals surface area (Å²) in [5, 5.41) is 12.8. The molecule has 1 unspecified atom stereocenters. The van der Waals surface area contributed by atoms with Crippen LogP contribution >= 0.6 is 11.6 Å². The van der Waals surface area contributed by atoms with Crippen molar-refractivity contribution < 1.29 is 9.66 Å². The van der Waals surface area contributed by atoms with Crippen molar-refractivity contribution in [2.45, 2.75) is 5.92 Å². The van der Waals surface area contributed by atoms with Crippen molar-refractivity contribution in [3.63, 3.8) is 0 Å². The molecular weight excluding hydrogens is 328 g/mol. The lowest BCUT2D eigenvalue weighted by Gasteiger charge is -2.13. The highest BCUT2D eigenvalue weighted by atomic mass is 35.5. The molecule has 1 atom stereocenters. The Hall–Kier alpha value is -2.53. The Bertz CT molecular complexity index is 887. The second-order valence-corrected chi connectivity index (χ2v) is 6.13. The van der Waals surface area contributed by atoms with E-state index in [2.05, 4.69) is 0 Å². The normalized spacial score (nSPS) is 12.3. The number of nitrogens with zero attached hydrogens (tertiary/aromatic N) is 2. The first-order chi connectivity index (χ1) is 11.5.